The minimum atomic E-state index is -0.601. The molecule has 1 saturated carbocycles. The Bertz CT molecular complexity index is 1820. The molecule has 5 aromatic rings. The second-order valence-corrected chi connectivity index (χ2v) is 10.1. The molecular weight excluding hydrogens is 544 g/mol. The van der Waals surface area contributed by atoms with Gasteiger partial charge in [-0.25, -0.2) is 18.3 Å². The van der Waals surface area contributed by atoms with Gasteiger partial charge in [-0.2, -0.15) is 0 Å². The third-order valence-corrected chi connectivity index (χ3v) is 7.10. The van der Waals surface area contributed by atoms with Crippen LogP contribution in [0.5, 0.6) is 34.6 Å². The van der Waals surface area contributed by atoms with Crippen LogP contribution in [0, 0.1) is 24.5 Å². The van der Waals surface area contributed by atoms with E-state index in [1.165, 1.54) is 49.1 Å². The number of ether oxygens (including phenoxy) is 4. The van der Waals surface area contributed by atoms with Crippen LogP contribution in [0.2, 0.25) is 0 Å². The Morgan fingerprint density at radius 2 is 1.55 bits per heavy atom. The molecule has 0 atom stereocenters. The molecule has 0 bridgehead atoms. The number of hydrogen-bond acceptors (Lipinski definition) is 7. The van der Waals surface area contributed by atoms with E-state index in [4.69, 9.17) is 18.9 Å². The van der Waals surface area contributed by atoms with Crippen LogP contribution < -0.4 is 18.9 Å². The molecule has 214 valence electrons. The highest BCUT2D eigenvalue weighted by molar-refractivity contribution is 5.98. The quantitative estimate of drug-likeness (QED) is 0.160. The summed E-state index contributed by atoms with van der Waals surface area (Å²) < 4.78 is 52.3. The molecule has 10 heteroatoms. The Balaban J connectivity index is 1.41. The fraction of sp³-hybridized carbons (Fsp3) is 0.219. The van der Waals surface area contributed by atoms with Crippen molar-refractivity contribution in [2.45, 2.75) is 26.2 Å². The summed E-state index contributed by atoms with van der Waals surface area (Å²) in [7, 11) is 2.75. The van der Waals surface area contributed by atoms with E-state index in [0.717, 1.165) is 24.0 Å². The largest absolute Gasteiger partial charge is 0.494 e. The van der Waals surface area contributed by atoms with Crippen molar-refractivity contribution in [1.82, 2.24) is 14.6 Å². The summed E-state index contributed by atoms with van der Waals surface area (Å²) in [5.41, 5.74) is 3.25. The van der Waals surface area contributed by atoms with Crippen molar-refractivity contribution in [1.29, 1.82) is 0 Å². The normalized spacial score (nSPS) is 12.8. The van der Waals surface area contributed by atoms with E-state index in [1.807, 2.05) is 25.1 Å². The standard InChI is InChI=1S/C32H27F2N3O5/c1-18-12-20(6-9-23(18)27(38)13-19-4-5-19)26-17-35-32-30(41-21-7-10-28(39-2)24(33)14-21)16-31(36-37(26)32)42-22-8-11-29(40-3)25(34)15-22/h6-12,14-17,19H,4-5,13H2,1-3H3. The van der Waals surface area contributed by atoms with E-state index in [1.54, 1.807) is 18.3 Å². The second kappa shape index (κ2) is 11.1. The monoisotopic (exact) mass is 571 g/mol. The van der Waals surface area contributed by atoms with Gasteiger partial charge in [0.2, 0.25) is 5.88 Å². The van der Waals surface area contributed by atoms with Crippen molar-refractivity contribution < 1.29 is 32.5 Å². The number of hydrogen-bond donors (Lipinski definition) is 0. The summed E-state index contributed by atoms with van der Waals surface area (Å²) in [6.45, 7) is 1.90. The summed E-state index contributed by atoms with van der Waals surface area (Å²) in [6.07, 6.45) is 4.41. The molecule has 2 aromatic heterocycles. The Morgan fingerprint density at radius 1 is 0.881 bits per heavy atom. The molecular formula is C32H27F2N3O5. The fourth-order valence-electron chi connectivity index (χ4n) is 4.74. The number of aromatic nitrogens is 3. The number of carbonyl (C=O) groups excluding carboxylic acids is 1. The molecule has 3 aromatic carbocycles. The zero-order valence-electron chi connectivity index (χ0n) is 23.2. The smallest absolute Gasteiger partial charge is 0.241 e. The van der Waals surface area contributed by atoms with Gasteiger partial charge >= 0.3 is 0 Å². The number of carbonyl (C=O) groups is 1. The Kier molecular flexibility index (Phi) is 7.20. The van der Waals surface area contributed by atoms with Crippen molar-refractivity contribution in [2.24, 2.45) is 5.92 Å². The Hall–Kier alpha value is -4.99. The number of aryl methyl sites for hydroxylation is 1. The van der Waals surface area contributed by atoms with E-state index >= 15 is 0 Å². The van der Waals surface area contributed by atoms with Crippen LogP contribution in [0.1, 0.15) is 35.2 Å². The first-order valence-corrected chi connectivity index (χ1v) is 13.4. The first-order valence-electron chi connectivity index (χ1n) is 13.4. The number of Topliss-reactive ketones (excluding diaryl/α,β-unsaturated/α-hetero) is 1. The summed E-state index contributed by atoms with van der Waals surface area (Å²) in [4.78, 5) is 17.3. The van der Waals surface area contributed by atoms with E-state index in [9.17, 15) is 13.6 Å². The lowest BCUT2D eigenvalue weighted by Crippen LogP contribution is -2.04. The van der Waals surface area contributed by atoms with Gasteiger partial charge in [0.15, 0.2) is 40.3 Å². The average Bonchev–Trinajstić information content (AvgIpc) is 3.68. The van der Waals surface area contributed by atoms with Crippen LogP contribution in [-0.2, 0) is 0 Å². The summed E-state index contributed by atoms with van der Waals surface area (Å²) in [6, 6.07) is 15.4. The van der Waals surface area contributed by atoms with Crippen molar-refractivity contribution in [3.05, 3.63) is 89.6 Å². The SMILES string of the molecule is COc1ccc(Oc2cc(Oc3ccc(OC)c(F)c3)c3ncc(-c4ccc(C(=O)CC5CC5)c(C)c4)n3n2)cc1F. The van der Waals surface area contributed by atoms with Gasteiger partial charge in [0.25, 0.3) is 0 Å². The van der Waals surface area contributed by atoms with E-state index in [-0.39, 0.29) is 40.4 Å². The minimum absolute atomic E-state index is 0.0719. The first-order chi connectivity index (χ1) is 20.3. The van der Waals surface area contributed by atoms with Crippen molar-refractivity contribution in [3.8, 4) is 45.9 Å². The predicted octanol–water partition coefficient (Wildman–Crippen LogP) is 7.57. The molecule has 0 radical (unpaired) electrons. The van der Waals surface area contributed by atoms with Gasteiger partial charge in [-0.05, 0) is 61.6 Å². The maximum atomic E-state index is 14.4. The third-order valence-electron chi connectivity index (χ3n) is 7.10. The molecule has 6 rings (SSSR count). The fourth-order valence-corrected chi connectivity index (χ4v) is 4.74. The first kappa shape index (κ1) is 27.2. The van der Waals surface area contributed by atoms with Gasteiger partial charge in [-0.1, -0.05) is 12.1 Å². The van der Waals surface area contributed by atoms with E-state index in [0.29, 0.717) is 29.2 Å². The molecule has 0 saturated heterocycles. The van der Waals surface area contributed by atoms with Crippen LogP contribution in [0.3, 0.4) is 0 Å². The number of fused-ring (bicyclic) bond motifs is 1. The molecule has 0 N–H and O–H groups in total. The number of imidazole rings is 1. The van der Waals surface area contributed by atoms with Crippen LogP contribution >= 0.6 is 0 Å². The number of methoxy groups -OCH3 is 2. The lowest BCUT2D eigenvalue weighted by atomic mass is 9.98. The minimum Gasteiger partial charge on any atom is -0.494 e. The topological polar surface area (TPSA) is 84.2 Å². The lowest BCUT2D eigenvalue weighted by molar-refractivity contribution is 0.0975. The van der Waals surface area contributed by atoms with Crippen LogP contribution in [-0.4, -0.2) is 34.6 Å². The van der Waals surface area contributed by atoms with Gasteiger partial charge in [-0.15, -0.1) is 5.10 Å². The van der Waals surface area contributed by atoms with Crippen LogP contribution in [0.15, 0.2) is 66.9 Å². The maximum absolute atomic E-state index is 14.4. The maximum Gasteiger partial charge on any atom is 0.241 e. The summed E-state index contributed by atoms with van der Waals surface area (Å²) >= 11 is 0. The number of rotatable bonds is 10. The molecule has 42 heavy (non-hydrogen) atoms. The number of ketones is 1. The zero-order chi connectivity index (χ0) is 29.4. The summed E-state index contributed by atoms with van der Waals surface area (Å²) in [5.74, 6) is 0.253. The summed E-state index contributed by atoms with van der Waals surface area (Å²) in [5, 5.41) is 4.60. The number of benzene rings is 3. The zero-order valence-corrected chi connectivity index (χ0v) is 23.2. The highest BCUT2D eigenvalue weighted by Gasteiger charge is 2.26. The molecule has 0 amide bonds. The van der Waals surface area contributed by atoms with E-state index in [2.05, 4.69) is 10.1 Å². The van der Waals surface area contributed by atoms with Gasteiger partial charge in [0.1, 0.15) is 11.5 Å². The highest BCUT2D eigenvalue weighted by Crippen LogP contribution is 2.36. The number of nitrogens with zero attached hydrogens (tertiary/aromatic N) is 3. The molecule has 1 fully saturated rings. The van der Waals surface area contributed by atoms with Gasteiger partial charge in [0, 0.05) is 35.7 Å². The average molecular weight is 572 g/mol. The molecule has 8 nitrogen and oxygen atoms in total. The molecule has 0 unspecified atom stereocenters. The number of halogens is 2. The van der Waals surface area contributed by atoms with Gasteiger partial charge in [0.05, 0.1) is 26.1 Å². The molecule has 0 spiro atoms. The Labute approximate surface area is 240 Å². The lowest BCUT2D eigenvalue weighted by Gasteiger charge is -2.13. The Morgan fingerprint density at radius 3 is 2.14 bits per heavy atom. The van der Waals surface area contributed by atoms with Crippen LogP contribution in [0.4, 0.5) is 8.78 Å². The third kappa shape index (κ3) is 5.47. The van der Waals surface area contributed by atoms with Crippen molar-refractivity contribution in [2.75, 3.05) is 14.2 Å². The van der Waals surface area contributed by atoms with Gasteiger partial charge < -0.3 is 18.9 Å². The second-order valence-electron chi connectivity index (χ2n) is 10.1. The molecule has 1 aliphatic carbocycles. The van der Waals surface area contributed by atoms with Crippen LogP contribution in [0.25, 0.3) is 16.9 Å². The highest BCUT2D eigenvalue weighted by atomic mass is 19.1. The van der Waals surface area contributed by atoms with E-state index < -0.39 is 11.6 Å². The molecule has 2 heterocycles. The van der Waals surface area contributed by atoms with Crippen molar-refractivity contribution >= 4 is 11.4 Å². The van der Waals surface area contributed by atoms with Crippen molar-refractivity contribution in [3.63, 3.8) is 0 Å². The molecule has 0 aliphatic heterocycles. The molecule has 1 aliphatic rings. The van der Waals surface area contributed by atoms with Gasteiger partial charge in [-0.3, -0.25) is 4.79 Å². The predicted molar refractivity (Wildman–Crippen MR) is 151 cm³/mol.